The minimum atomic E-state index is -3.10. The van der Waals surface area contributed by atoms with Crippen molar-refractivity contribution in [2.24, 2.45) is 5.92 Å². The van der Waals surface area contributed by atoms with Crippen LogP contribution in [0, 0.1) is 5.92 Å². The largest absolute Gasteiger partial charge is 0.369 e. The van der Waals surface area contributed by atoms with E-state index in [1.54, 1.807) is 7.11 Å². The Hall–Kier alpha value is -0.660. The predicted molar refractivity (Wildman–Crippen MR) is 75.7 cm³/mol. The van der Waals surface area contributed by atoms with E-state index in [-0.39, 0.29) is 24.1 Å². The SMILES string of the molecule is CO[C@H]1C(=O)N(C(C)C)[C@H]1C1CCN(S(C)(=O)=O)CC1. The Labute approximate surface area is 121 Å². The summed E-state index contributed by atoms with van der Waals surface area (Å²) in [5.74, 6) is 0.371. The molecule has 7 heteroatoms. The first kappa shape index (κ1) is 15.7. The van der Waals surface area contributed by atoms with Crippen LogP contribution in [0.15, 0.2) is 0 Å². The summed E-state index contributed by atoms with van der Waals surface area (Å²) in [7, 11) is -1.53. The fraction of sp³-hybridized carbons (Fsp3) is 0.923. The molecule has 2 fully saturated rings. The minimum absolute atomic E-state index is 0.0537. The lowest BCUT2D eigenvalue weighted by Gasteiger charge is -2.53. The van der Waals surface area contributed by atoms with Crippen LogP contribution in [-0.2, 0) is 19.6 Å². The van der Waals surface area contributed by atoms with Crippen LogP contribution in [0.25, 0.3) is 0 Å². The summed E-state index contributed by atoms with van der Waals surface area (Å²) in [6, 6.07) is 0.251. The second kappa shape index (κ2) is 5.61. The molecule has 0 bridgehead atoms. The van der Waals surface area contributed by atoms with Crippen molar-refractivity contribution in [2.45, 2.75) is 44.9 Å². The highest BCUT2D eigenvalue weighted by atomic mass is 32.2. The van der Waals surface area contributed by atoms with Crippen LogP contribution in [0.1, 0.15) is 26.7 Å². The molecule has 0 radical (unpaired) electrons. The van der Waals surface area contributed by atoms with E-state index in [2.05, 4.69) is 0 Å². The number of ether oxygens (including phenoxy) is 1. The van der Waals surface area contributed by atoms with Gasteiger partial charge in [-0.1, -0.05) is 0 Å². The molecule has 0 aromatic heterocycles. The highest BCUT2D eigenvalue weighted by Gasteiger charge is 2.52. The Morgan fingerprint density at radius 2 is 1.80 bits per heavy atom. The molecule has 2 atom stereocenters. The molecule has 2 rings (SSSR count). The summed E-state index contributed by atoms with van der Waals surface area (Å²) in [5.41, 5.74) is 0. The molecule has 1 amide bonds. The lowest BCUT2D eigenvalue weighted by Crippen LogP contribution is -2.70. The lowest BCUT2D eigenvalue weighted by molar-refractivity contribution is -0.181. The third kappa shape index (κ3) is 2.71. The Morgan fingerprint density at radius 1 is 1.25 bits per heavy atom. The molecule has 0 saturated carbocycles. The van der Waals surface area contributed by atoms with Gasteiger partial charge < -0.3 is 9.64 Å². The molecule has 116 valence electrons. The van der Waals surface area contributed by atoms with Gasteiger partial charge in [-0.25, -0.2) is 12.7 Å². The van der Waals surface area contributed by atoms with Crippen LogP contribution in [0.4, 0.5) is 0 Å². The Balaban J connectivity index is 2.03. The third-order valence-corrected chi connectivity index (χ3v) is 5.69. The number of likely N-dealkylation sites (tertiary alicyclic amines) is 1. The number of carbonyl (C=O) groups excluding carboxylic acids is 1. The van der Waals surface area contributed by atoms with Gasteiger partial charge in [0.1, 0.15) is 0 Å². The smallest absolute Gasteiger partial charge is 0.254 e. The number of hydrogen-bond acceptors (Lipinski definition) is 4. The molecule has 0 aromatic carbocycles. The molecule has 6 nitrogen and oxygen atoms in total. The van der Waals surface area contributed by atoms with Crippen molar-refractivity contribution >= 4 is 15.9 Å². The average molecular weight is 304 g/mol. The van der Waals surface area contributed by atoms with Gasteiger partial charge in [-0.05, 0) is 32.6 Å². The van der Waals surface area contributed by atoms with Gasteiger partial charge in [0.2, 0.25) is 10.0 Å². The topological polar surface area (TPSA) is 66.9 Å². The number of sulfonamides is 1. The first-order valence-corrected chi connectivity index (χ1v) is 8.92. The zero-order valence-corrected chi connectivity index (χ0v) is 13.4. The summed E-state index contributed by atoms with van der Waals surface area (Å²) in [6.07, 6.45) is 2.47. The molecule has 2 aliphatic rings. The fourth-order valence-electron chi connectivity index (χ4n) is 3.37. The van der Waals surface area contributed by atoms with Gasteiger partial charge in [0, 0.05) is 26.2 Å². The standard InChI is InChI=1S/C13H24N2O4S/c1-9(2)15-11(12(19-3)13(15)16)10-5-7-14(8-6-10)20(4,17)18/h9-12H,5-8H2,1-4H3/t11-,12+/m0/s1. The molecule has 0 aliphatic carbocycles. The number of rotatable bonds is 4. The molecule has 2 aliphatic heterocycles. The maximum atomic E-state index is 12.0. The van der Waals surface area contributed by atoms with Gasteiger partial charge in [0.05, 0.1) is 12.3 Å². The number of piperidine rings is 1. The van der Waals surface area contributed by atoms with E-state index in [0.29, 0.717) is 19.0 Å². The first-order chi connectivity index (χ1) is 9.27. The van der Waals surface area contributed by atoms with Gasteiger partial charge in [-0.15, -0.1) is 0 Å². The highest BCUT2D eigenvalue weighted by Crippen LogP contribution is 2.36. The molecule has 20 heavy (non-hydrogen) atoms. The van der Waals surface area contributed by atoms with Crippen molar-refractivity contribution in [1.29, 1.82) is 0 Å². The molecule has 2 heterocycles. The fourth-order valence-corrected chi connectivity index (χ4v) is 4.24. The first-order valence-electron chi connectivity index (χ1n) is 7.07. The average Bonchev–Trinajstić information content (AvgIpc) is 2.35. The zero-order valence-electron chi connectivity index (χ0n) is 12.6. The molecular weight excluding hydrogens is 280 g/mol. The number of methoxy groups -OCH3 is 1. The van der Waals surface area contributed by atoms with Gasteiger partial charge in [-0.3, -0.25) is 4.79 Å². The number of amides is 1. The number of nitrogens with zero attached hydrogens (tertiary/aromatic N) is 2. The van der Waals surface area contributed by atoms with Crippen LogP contribution in [0.3, 0.4) is 0 Å². The second-order valence-corrected chi connectivity index (χ2v) is 7.97. The third-order valence-electron chi connectivity index (χ3n) is 4.39. The normalized spacial score (nSPS) is 29.9. The van der Waals surface area contributed by atoms with Crippen LogP contribution in [0.2, 0.25) is 0 Å². The molecule has 0 spiro atoms. The summed E-state index contributed by atoms with van der Waals surface area (Å²) in [6.45, 7) is 5.08. The van der Waals surface area contributed by atoms with Crippen molar-refractivity contribution < 1.29 is 17.9 Å². The van der Waals surface area contributed by atoms with E-state index in [4.69, 9.17) is 4.74 Å². The summed E-state index contributed by atoms with van der Waals surface area (Å²) >= 11 is 0. The summed E-state index contributed by atoms with van der Waals surface area (Å²) < 4.78 is 29.9. The maximum Gasteiger partial charge on any atom is 0.254 e. The van der Waals surface area contributed by atoms with Crippen molar-refractivity contribution in [3.05, 3.63) is 0 Å². The second-order valence-electron chi connectivity index (χ2n) is 5.99. The van der Waals surface area contributed by atoms with Crippen molar-refractivity contribution in [1.82, 2.24) is 9.21 Å². The van der Waals surface area contributed by atoms with Crippen molar-refractivity contribution in [3.8, 4) is 0 Å². The van der Waals surface area contributed by atoms with Crippen LogP contribution < -0.4 is 0 Å². The number of carbonyl (C=O) groups is 1. The summed E-state index contributed by atoms with van der Waals surface area (Å²) in [5, 5.41) is 0. The van der Waals surface area contributed by atoms with Crippen LogP contribution >= 0.6 is 0 Å². The zero-order chi connectivity index (χ0) is 15.1. The predicted octanol–water partition coefficient (Wildman–Crippen LogP) is 0.292. The number of hydrogen-bond donors (Lipinski definition) is 0. The molecule has 2 saturated heterocycles. The molecule has 0 aromatic rings. The van der Waals surface area contributed by atoms with E-state index >= 15 is 0 Å². The Bertz CT molecular complexity index is 469. The van der Waals surface area contributed by atoms with E-state index in [9.17, 15) is 13.2 Å². The van der Waals surface area contributed by atoms with E-state index in [0.717, 1.165) is 12.8 Å². The maximum absolute atomic E-state index is 12.0. The van der Waals surface area contributed by atoms with E-state index in [1.165, 1.54) is 10.6 Å². The van der Waals surface area contributed by atoms with E-state index < -0.39 is 10.0 Å². The van der Waals surface area contributed by atoms with Gasteiger partial charge in [0.15, 0.2) is 6.10 Å². The quantitative estimate of drug-likeness (QED) is 0.700. The number of β-lactam (4-membered cyclic amide) rings is 1. The lowest BCUT2D eigenvalue weighted by atomic mass is 9.79. The van der Waals surface area contributed by atoms with Gasteiger partial charge in [0.25, 0.3) is 5.91 Å². The molecule has 0 N–H and O–H groups in total. The Kier molecular flexibility index (Phi) is 4.41. The van der Waals surface area contributed by atoms with Crippen molar-refractivity contribution in [3.63, 3.8) is 0 Å². The van der Waals surface area contributed by atoms with Crippen LogP contribution in [0.5, 0.6) is 0 Å². The Morgan fingerprint density at radius 3 is 2.20 bits per heavy atom. The molecule has 0 unspecified atom stereocenters. The van der Waals surface area contributed by atoms with Crippen LogP contribution in [-0.4, -0.2) is 68.2 Å². The van der Waals surface area contributed by atoms with E-state index in [1.807, 2.05) is 18.7 Å². The summed E-state index contributed by atoms with van der Waals surface area (Å²) in [4.78, 5) is 13.9. The van der Waals surface area contributed by atoms with Gasteiger partial charge in [-0.2, -0.15) is 0 Å². The highest BCUT2D eigenvalue weighted by molar-refractivity contribution is 7.88. The monoisotopic (exact) mass is 304 g/mol. The minimum Gasteiger partial charge on any atom is -0.369 e. The van der Waals surface area contributed by atoms with Crippen molar-refractivity contribution in [2.75, 3.05) is 26.5 Å². The van der Waals surface area contributed by atoms with Gasteiger partial charge >= 0.3 is 0 Å². The molecular formula is C13H24N2O4S.